The van der Waals surface area contributed by atoms with E-state index in [2.05, 4.69) is 84.6 Å². The number of thiophene rings is 1. The summed E-state index contributed by atoms with van der Waals surface area (Å²) in [5.74, 6) is 1.35. The summed E-state index contributed by atoms with van der Waals surface area (Å²) in [7, 11) is 4.17. The maximum Gasteiger partial charge on any atom is 0.191 e. The van der Waals surface area contributed by atoms with Gasteiger partial charge < -0.3 is 15.5 Å². The van der Waals surface area contributed by atoms with Crippen molar-refractivity contribution in [2.45, 2.75) is 32.9 Å². The highest BCUT2D eigenvalue weighted by Crippen LogP contribution is 2.17. The van der Waals surface area contributed by atoms with Gasteiger partial charge in [-0.05, 0) is 60.5 Å². The van der Waals surface area contributed by atoms with Gasteiger partial charge in [-0.15, -0.1) is 0 Å². The molecule has 2 rings (SSSR count). The molecule has 0 saturated carbocycles. The van der Waals surface area contributed by atoms with Crippen LogP contribution >= 0.6 is 11.3 Å². The van der Waals surface area contributed by atoms with Crippen molar-refractivity contribution >= 4 is 17.3 Å². The minimum atomic E-state index is 0.473. The molecular weight excluding hydrogens is 328 g/mol. The van der Waals surface area contributed by atoms with E-state index in [1.165, 1.54) is 16.7 Å². The average Bonchev–Trinajstić information content (AvgIpc) is 3.12. The van der Waals surface area contributed by atoms with E-state index in [1.807, 2.05) is 0 Å². The van der Waals surface area contributed by atoms with Crippen LogP contribution in [0.3, 0.4) is 0 Å². The third-order valence-electron chi connectivity index (χ3n) is 3.97. The molecule has 1 heterocycles. The van der Waals surface area contributed by atoms with E-state index in [9.17, 15) is 0 Å². The number of nitrogens with zero attached hydrogens (tertiary/aromatic N) is 2. The van der Waals surface area contributed by atoms with E-state index in [0.717, 1.165) is 25.6 Å². The summed E-state index contributed by atoms with van der Waals surface area (Å²) in [5, 5.41) is 11.1. The predicted octanol–water partition coefficient (Wildman–Crippen LogP) is 3.67. The Morgan fingerprint density at radius 2 is 1.84 bits per heavy atom. The van der Waals surface area contributed by atoms with Gasteiger partial charge in [-0.25, -0.2) is 4.99 Å². The number of aliphatic imine (C=N–C) groups is 1. The SMILES string of the molecule is CCNC(=NCc1ccc(CN(C)C)cc1)NCC(C)c1ccsc1. The van der Waals surface area contributed by atoms with Crippen LogP contribution in [0.1, 0.15) is 36.5 Å². The topological polar surface area (TPSA) is 39.7 Å². The fourth-order valence-electron chi connectivity index (χ4n) is 2.55. The monoisotopic (exact) mass is 358 g/mol. The molecule has 2 N–H and O–H groups in total. The zero-order chi connectivity index (χ0) is 18.1. The fraction of sp³-hybridized carbons (Fsp3) is 0.450. The van der Waals surface area contributed by atoms with Gasteiger partial charge in [0.05, 0.1) is 6.54 Å². The molecule has 25 heavy (non-hydrogen) atoms. The third-order valence-corrected chi connectivity index (χ3v) is 4.68. The normalized spacial score (nSPS) is 13.1. The van der Waals surface area contributed by atoms with Crippen LogP contribution in [0.4, 0.5) is 0 Å². The van der Waals surface area contributed by atoms with Crippen LogP contribution in [-0.2, 0) is 13.1 Å². The Kier molecular flexibility index (Phi) is 7.95. The number of guanidine groups is 1. The van der Waals surface area contributed by atoms with Gasteiger partial charge in [-0.3, -0.25) is 0 Å². The predicted molar refractivity (Wildman–Crippen MR) is 109 cm³/mol. The van der Waals surface area contributed by atoms with Crippen molar-refractivity contribution in [3.63, 3.8) is 0 Å². The second kappa shape index (κ2) is 10.2. The lowest BCUT2D eigenvalue weighted by molar-refractivity contribution is 0.402. The second-order valence-corrected chi connectivity index (χ2v) is 7.37. The van der Waals surface area contributed by atoms with Gasteiger partial charge in [0.15, 0.2) is 5.96 Å². The van der Waals surface area contributed by atoms with E-state index in [4.69, 9.17) is 4.99 Å². The molecule has 0 aliphatic heterocycles. The molecule has 1 aromatic heterocycles. The molecule has 1 unspecified atom stereocenters. The summed E-state index contributed by atoms with van der Waals surface area (Å²) in [6.45, 7) is 7.72. The molecule has 0 amide bonds. The average molecular weight is 359 g/mol. The van der Waals surface area contributed by atoms with Gasteiger partial charge in [0, 0.05) is 19.6 Å². The summed E-state index contributed by atoms with van der Waals surface area (Å²) >= 11 is 1.75. The van der Waals surface area contributed by atoms with Crippen molar-refractivity contribution in [3.05, 3.63) is 57.8 Å². The number of rotatable bonds is 8. The molecule has 1 atom stereocenters. The molecule has 0 fully saturated rings. The molecule has 1 aromatic carbocycles. The van der Waals surface area contributed by atoms with E-state index in [-0.39, 0.29) is 0 Å². The minimum Gasteiger partial charge on any atom is -0.357 e. The Labute approximate surface area is 156 Å². The molecular formula is C20H30N4S. The van der Waals surface area contributed by atoms with Gasteiger partial charge >= 0.3 is 0 Å². The van der Waals surface area contributed by atoms with Crippen LogP contribution in [0.2, 0.25) is 0 Å². The van der Waals surface area contributed by atoms with Crippen molar-refractivity contribution < 1.29 is 0 Å². The van der Waals surface area contributed by atoms with Crippen LogP contribution in [0.5, 0.6) is 0 Å². The van der Waals surface area contributed by atoms with Crippen molar-refractivity contribution in [3.8, 4) is 0 Å². The molecule has 0 spiro atoms. The number of hydrogen-bond acceptors (Lipinski definition) is 3. The fourth-order valence-corrected chi connectivity index (χ4v) is 3.33. The number of nitrogens with one attached hydrogen (secondary N) is 2. The first-order valence-electron chi connectivity index (χ1n) is 8.85. The smallest absolute Gasteiger partial charge is 0.191 e. The highest BCUT2D eigenvalue weighted by Gasteiger charge is 2.07. The maximum absolute atomic E-state index is 4.71. The second-order valence-electron chi connectivity index (χ2n) is 6.59. The van der Waals surface area contributed by atoms with Gasteiger partial charge in [0.1, 0.15) is 0 Å². The first-order chi connectivity index (χ1) is 12.1. The first kappa shape index (κ1) is 19.5. The quantitative estimate of drug-likeness (QED) is 0.559. The van der Waals surface area contributed by atoms with Gasteiger partial charge in [0.25, 0.3) is 0 Å². The molecule has 5 heteroatoms. The molecule has 4 nitrogen and oxygen atoms in total. The van der Waals surface area contributed by atoms with Crippen molar-refractivity contribution in [2.75, 3.05) is 27.2 Å². The Balaban J connectivity index is 1.90. The summed E-state index contributed by atoms with van der Waals surface area (Å²) in [6.07, 6.45) is 0. The van der Waals surface area contributed by atoms with Gasteiger partial charge in [-0.1, -0.05) is 31.2 Å². The molecule has 0 aliphatic carbocycles. The van der Waals surface area contributed by atoms with E-state index in [0.29, 0.717) is 12.5 Å². The van der Waals surface area contributed by atoms with E-state index >= 15 is 0 Å². The number of hydrogen-bond donors (Lipinski definition) is 2. The Bertz CT molecular complexity index is 632. The maximum atomic E-state index is 4.71. The Morgan fingerprint density at radius 1 is 1.12 bits per heavy atom. The Morgan fingerprint density at radius 3 is 2.44 bits per heavy atom. The largest absolute Gasteiger partial charge is 0.357 e. The third kappa shape index (κ3) is 6.88. The lowest BCUT2D eigenvalue weighted by Crippen LogP contribution is -2.39. The summed E-state index contributed by atoms with van der Waals surface area (Å²) in [4.78, 5) is 6.89. The van der Waals surface area contributed by atoms with Crippen LogP contribution in [-0.4, -0.2) is 38.0 Å². The highest BCUT2D eigenvalue weighted by atomic mass is 32.1. The summed E-state index contributed by atoms with van der Waals surface area (Å²) < 4.78 is 0. The standard InChI is InChI=1S/C20H30N4S/c1-5-21-20(22-12-16(2)19-10-11-25-15-19)23-13-17-6-8-18(9-7-17)14-24(3)4/h6-11,15-16H,5,12-14H2,1-4H3,(H2,21,22,23). The van der Waals surface area contributed by atoms with Crippen LogP contribution in [0, 0.1) is 0 Å². The highest BCUT2D eigenvalue weighted by molar-refractivity contribution is 7.07. The molecule has 2 aromatic rings. The van der Waals surface area contributed by atoms with Crippen molar-refractivity contribution in [2.24, 2.45) is 4.99 Å². The lowest BCUT2D eigenvalue weighted by atomic mass is 10.1. The van der Waals surface area contributed by atoms with Crippen molar-refractivity contribution in [1.29, 1.82) is 0 Å². The van der Waals surface area contributed by atoms with Gasteiger partial charge in [0.2, 0.25) is 0 Å². The van der Waals surface area contributed by atoms with Crippen LogP contribution < -0.4 is 10.6 Å². The van der Waals surface area contributed by atoms with E-state index < -0.39 is 0 Å². The molecule has 0 aliphatic rings. The molecule has 136 valence electrons. The van der Waals surface area contributed by atoms with Gasteiger partial charge in [-0.2, -0.15) is 11.3 Å². The van der Waals surface area contributed by atoms with Crippen LogP contribution in [0.15, 0.2) is 46.1 Å². The number of benzene rings is 1. The molecule has 0 bridgehead atoms. The Hall–Kier alpha value is -1.85. The molecule has 0 radical (unpaired) electrons. The molecule has 0 saturated heterocycles. The van der Waals surface area contributed by atoms with Crippen molar-refractivity contribution in [1.82, 2.24) is 15.5 Å². The summed E-state index contributed by atoms with van der Waals surface area (Å²) in [6, 6.07) is 10.9. The first-order valence-corrected chi connectivity index (χ1v) is 9.79. The minimum absolute atomic E-state index is 0.473. The lowest BCUT2D eigenvalue weighted by Gasteiger charge is -2.15. The zero-order valence-corrected chi connectivity index (χ0v) is 16.6. The van der Waals surface area contributed by atoms with Crippen LogP contribution in [0.25, 0.3) is 0 Å². The zero-order valence-electron chi connectivity index (χ0n) is 15.7. The summed E-state index contributed by atoms with van der Waals surface area (Å²) in [5.41, 5.74) is 3.93. The van der Waals surface area contributed by atoms with E-state index in [1.54, 1.807) is 11.3 Å².